The Kier molecular flexibility index (Phi) is 3.62. The molecule has 0 saturated heterocycles. The zero-order valence-electron chi connectivity index (χ0n) is 14.7. The fourth-order valence-electron chi connectivity index (χ4n) is 5.46. The summed E-state index contributed by atoms with van der Waals surface area (Å²) in [5.74, 6) is 2.38. The van der Waals surface area contributed by atoms with Crippen molar-refractivity contribution in [3.05, 3.63) is 18.2 Å². The van der Waals surface area contributed by atoms with Gasteiger partial charge in [0.2, 0.25) is 5.91 Å². The molecule has 1 aromatic heterocycles. The molecule has 1 aromatic rings. The van der Waals surface area contributed by atoms with Gasteiger partial charge in [-0.15, -0.1) is 0 Å². The largest absolute Gasteiger partial charge is 0.323 e. The lowest BCUT2D eigenvalue weighted by atomic mass is 9.49. The number of halogens is 1. The van der Waals surface area contributed by atoms with Crippen LogP contribution in [0.5, 0.6) is 0 Å². The minimum atomic E-state index is -0.198. The average molecular weight is 392 g/mol. The molecular weight excluding hydrogens is 366 g/mol. The zero-order valence-corrected chi connectivity index (χ0v) is 16.3. The molecule has 1 N–H and O–H groups in total. The molecule has 2 atom stereocenters. The van der Waals surface area contributed by atoms with Gasteiger partial charge in [-0.25, -0.2) is 9.97 Å². The third-order valence-electron chi connectivity index (χ3n) is 6.05. The molecule has 24 heavy (non-hydrogen) atoms. The van der Waals surface area contributed by atoms with Crippen LogP contribution in [0.2, 0.25) is 0 Å². The molecule has 1 heterocycles. The van der Waals surface area contributed by atoms with Crippen LogP contribution in [-0.2, 0) is 10.2 Å². The van der Waals surface area contributed by atoms with Crippen LogP contribution in [0.25, 0.3) is 0 Å². The molecule has 4 bridgehead atoms. The Hall–Kier alpha value is -0.970. The van der Waals surface area contributed by atoms with Gasteiger partial charge in [0.25, 0.3) is 0 Å². The van der Waals surface area contributed by atoms with Crippen LogP contribution in [0.3, 0.4) is 0 Å². The lowest BCUT2D eigenvalue weighted by Gasteiger charge is -2.59. The molecule has 0 radical (unpaired) electrons. The van der Waals surface area contributed by atoms with E-state index in [-0.39, 0.29) is 21.1 Å². The summed E-state index contributed by atoms with van der Waals surface area (Å²) in [6.07, 6.45) is 10.3. The van der Waals surface area contributed by atoms with Gasteiger partial charge in [0, 0.05) is 9.74 Å². The fraction of sp³-hybridized carbons (Fsp3) is 0.737. The van der Waals surface area contributed by atoms with Crippen molar-refractivity contribution in [1.82, 2.24) is 9.97 Å². The molecule has 5 heteroatoms. The second kappa shape index (κ2) is 5.26. The number of nitrogens with one attached hydrogen (secondary N) is 1. The predicted octanol–water partition coefficient (Wildman–Crippen LogP) is 4.45. The number of carbonyl (C=O) groups is 1. The first-order valence-electron chi connectivity index (χ1n) is 9.00. The van der Waals surface area contributed by atoms with Gasteiger partial charge in [-0.1, -0.05) is 36.7 Å². The highest BCUT2D eigenvalue weighted by molar-refractivity contribution is 9.10. The van der Waals surface area contributed by atoms with Gasteiger partial charge >= 0.3 is 0 Å². The normalized spacial score (nSPS) is 37.5. The van der Waals surface area contributed by atoms with E-state index in [4.69, 9.17) is 0 Å². The Morgan fingerprint density at radius 2 is 1.75 bits per heavy atom. The van der Waals surface area contributed by atoms with Crippen molar-refractivity contribution >= 4 is 27.5 Å². The number of carbonyl (C=O) groups excluding carboxylic acids is 1. The quantitative estimate of drug-likeness (QED) is 0.757. The average Bonchev–Trinajstić information content (AvgIpc) is 2.44. The summed E-state index contributed by atoms with van der Waals surface area (Å²) < 4.78 is 0.195. The summed E-state index contributed by atoms with van der Waals surface area (Å²) in [4.78, 5) is 22.0. The highest BCUT2D eigenvalue weighted by Gasteiger charge is 2.59. The van der Waals surface area contributed by atoms with Gasteiger partial charge in [-0.05, 0) is 50.4 Å². The summed E-state index contributed by atoms with van der Waals surface area (Å²) in [5.41, 5.74) is 0.438. The molecule has 2 unspecified atom stereocenters. The Labute approximate surface area is 152 Å². The van der Waals surface area contributed by atoms with Crippen molar-refractivity contribution in [2.45, 2.75) is 69.0 Å². The van der Waals surface area contributed by atoms with E-state index >= 15 is 0 Å². The molecule has 4 nitrogen and oxygen atoms in total. The SMILES string of the molecule is CC(C)(C)c1ncc(NC(=O)C23CC4CC(CC(Br)(C4)C2)C3)cn1. The van der Waals surface area contributed by atoms with Crippen LogP contribution in [0.15, 0.2) is 12.4 Å². The Morgan fingerprint density at radius 3 is 2.25 bits per heavy atom. The fourth-order valence-corrected chi connectivity index (χ4v) is 6.91. The lowest BCUT2D eigenvalue weighted by molar-refractivity contribution is -0.138. The number of aromatic nitrogens is 2. The second-order valence-electron chi connectivity index (χ2n) is 9.39. The van der Waals surface area contributed by atoms with E-state index in [0.717, 1.165) is 25.1 Å². The molecule has 5 rings (SSSR count). The molecule has 0 spiro atoms. The molecule has 4 aliphatic carbocycles. The Bertz CT molecular complexity index is 650. The van der Waals surface area contributed by atoms with E-state index < -0.39 is 0 Å². The third kappa shape index (κ3) is 2.79. The van der Waals surface area contributed by atoms with Gasteiger partial charge in [-0.2, -0.15) is 0 Å². The second-order valence-corrected chi connectivity index (χ2v) is 11.1. The van der Waals surface area contributed by atoms with Gasteiger partial charge in [0.05, 0.1) is 23.5 Å². The summed E-state index contributed by atoms with van der Waals surface area (Å²) in [6.45, 7) is 6.27. The van der Waals surface area contributed by atoms with E-state index in [1.54, 1.807) is 12.4 Å². The van der Waals surface area contributed by atoms with Gasteiger partial charge in [0.15, 0.2) is 0 Å². The first-order chi connectivity index (χ1) is 11.2. The van der Waals surface area contributed by atoms with Crippen molar-refractivity contribution in [2.75, 3.05) is 5.32 Å². The van der Waals surface area contributed by atoms with Crippen LogP contribution >= 0.6 is 15.9 Å². The Balaban J connectivity index is 1.52. The van der Waals surface area contributed by atoms with Gasteiger partial charge < -0.3 is 5.32 Å². The maximum atomic E-state index is 13.1. The molecule has 4 aliphatic rings. The molecule has 4 saturated carbocycles. The first-order valence-corrected chi connectivity index (χ1v) is 9.80. The highest BCUT2D eigenvalue weighted by atomic mass is 79.9. The Morgan fingerprint density at radius 1 is 1.17 bits per heavy atom. The van der Waals surface area contributed by atoms with Crippen molar-refractivity contribution < 1.29 is 4.79 Å². The predicted molar refractivity (Wildman–Crippen MR) is 98.1 cm³/mol. The molecule has 1 amide bonds. The summed E-state index contributed by atoms with van der Waals surface area (Å²) in [5, 5.41) is 3.11. The molecular formula is C19H26BrN3O. The molecule has 130 valence electrons. The van der Waals surface area contributed by atoms with Crippen molar-refractivity contribution in [2.24, 2.45) is 17.3 Å². The van der Waals surface area contributed by atoms with E-state index in [1.807, 2.05) is 0 Å². The highest BCUT2D eigenvalue weighted by Crippen LogP contribution is 2.64. The monoisotopic (exact) mass is 391 g/mol. The number of hydrogen-bond donors (Lipinski definition) is 1. The van der Waals surface area contributed by atoms with Crippen LogP contribution < -0.4 is 5.32 Å². The number of hydrogen-bond acceptors (Lipinski definition) is 3. The van der Waals surface area contributed by atoms with Crippen molar-refractivity contribution in [3.8, 4) is 0 Å². The van der Waals surface area contributed by atoms with E-state index in [2.05, 4.69) is 52.0 Å². The van der Waals surface area contributed by atoms with E-state index in [1.165, 1.54) is 19.3 Å². The third-order valence-corrected chi connectivity index (χ3v) is 6.98. The minimum Gasteiger partial charge on any atom is -0.323 e. The van der Waals surface area contributed by atoms with Crippen LogP contribution in [0.1, 0.15) is 65.1 Å². The molecule has 0 aromatic carbocycles. The number of anilines is 1. The first kappa shape index (κ1) is 16.5. The van der Waals surface area contributed by atoms with Crippen LogP contribution in [-0.4, -0.2) is 20.2 Å². The van der Waals surface area contributed by atoms with E-state index in [9.17, 15) is 4.79 Å². The van der Waals surface area contributed by atoms with E-state index in [0.29, 0.717) is 17.5 Å². The smallest absolute Gasteiger partial charge is 0.230 e. The number of nitrogens with zero attached hydrogens (tertiary/aromatic N) is 2. The lowest BCUT2D eigenvalue weighted by Crippen LogP contribution is -2.57. The standard InChI is InChI=1S/C19H26BrN3O/c1-17(2,3)15-21-9-14(10-22-15)23-16(24)18-5-12-4-13(6-18)8-19(20,7-12)11-18/h9-10,12-13H,4-8,11H2,1-3H3,(H,23,24). The topological polar surface area (TPSA) is 54.9 Å². The van der Waals surface area contributed by atoms with Gasteiger partial charge in [-0.3, -0.25) is 4.79 Å². The summed E-state index contributed by atoms with van der Waals surface area (Å²) in [7, 11) is 0. The van der Waals surface area contributed by atoms with Crippen molar-refractivity contribution in [3.63, 3.8) is 0 Å². The van der Waals surface area contributed by atoms with Gasteiger partial charge in [0.1, 0.15) is 5.82 Å². The zero-order chi connectivity index (χ0) is 17.2. The number of alkyl halides is 1. The minimum absolute atomic E-state index is 0.0786. The summed E-state index contributed by atoms with van der Waals surface area (Å²) in [6, 6.07) is 0. The van der Waals surface area contributed by atoms with Crippen LogP contribution in [0.4, 0.5) is 5.69 Å². The maximum Gasteiger partial charge on any atom is 0.230 e. The van der Waals surface area contributed by atoms with Crippen LogP contribution in [0, 0.1) is 17.3 Å². The maximum absolute atomic E-state index is 13.1. The number of amides is 1. The summed E-state index contributed by atoms with van der Waals surface area (Å²) >= 11 is 3.97. The van der Waals surface area contributed by atoms with Crippen molar-refractivity contribution in [1.29, 1.82) is 0 Å². The number of rotatable bonds is 2. The molecule has 4 fully saturated rings. The molecule has 0 aliphatic heterocycles.